The molecule has 0 saturated heterocycles. The SMILES string of the molecule is C/C=C/C[C@@H](C)[C@@H](O)[C@@H]([C]=O)NC. The minimum absolute atomic E-state index is 0.0649. The molecule has 3 nitrogen and oxygen atoms in total. The molecule has 13 heavy (non-hydrogen) atoms. The monoisotopic (exact) mass is 184 g/mol. The zero-order chi connectivity index (χ0) is 10.3. The number of aliphatic hydroxyl groups excluding tert-OH is 1. The molecule has 75 valence electrons. The van der Waals surface area contributed by atoms with Crippen LogP contribution in [0, 0.1) is 5.92 Å². The Kier molecular flexibility index (Phi) is 6.45. The summed E-state index contributed by atoms with van der Waals surface area (Å²) < 4.78 is 0. The fourth-order valence-corrected chi connectivity index (χ4v) is 1.12. The van der Waals surface area contributed by atoms with Crippen molar-refractivity contribution in [1.29, 1.82) is 0 Å². The molecule has 0 amide bonds. The van der Waals surface area contributed by atoms with Gasteiger partial charge in [-0.3, -0.25) is 4.79 Å². The van der Waals surface area contributed by atoms with E-state index >= 15 is 0 Å². The molecule has 0 unspecified atom stereocenters. The predicted octanol–water partition coefficient (Wildman–Crippen LogP) is 0.647. The van der Waals surface area contributed by atoms with Crippen LogP contribution in [0.5, 0.6) is 0 Å². The fraction of sp³-hybridized carbons (Fsp3) is 0.700. The van der Waals surface area contributed by atoms with Gasteiger partial charge in [-0.25, -0.2) is 0 Å². The van der Waals surface area contributed by atoms with E-state index in [0.717, 1.165) is 6.42 Å². The second kappa shape index (κ2) is 6.80. The highest BCUT2D eigenvalue weighted by atomic mass is 16.3. The molecule has 0 spiro atoms. The largest absolute Gasteiger partial charge is 0.391 e. The van der Waals surface area contributed by atoms with Gasteiger partial charge < -0.3 is 10.4 Å². The topological polar surface area (TPSA) is 49.3 Å². The van der Waals surface area contributed by atoms with Crippen molar-refractivity contribution >= 4 is 6.29 Å². The first-order valence-corrected chi connectivity index (χ1v) is 4.51. The van der Waals surface area contributed by atoms with E-state index in [0.29, 0.717) is 0 Å². The standard InChI is InChI=1S/C10H18NO2/c1-4-5-6-8(2)10(13)9(7-12)11-3/h4-5,8-11,13H,6H2,1-3H3/b5-4+/t8-,9-,10-/m1/s1. The van der Waals surface area contributed by atoms with Crippen LogP contribution in [-0.4, -0.2) is 30.6 Å². The van der Waals surface area contributed by atoms with Crippen LogP contribution in [0.25, 0.3) is 0 Å². The van der Waals surface area contributed by atoms with E-state index in [1.165, 1.54) is 0 Å². The van der Waals surface area contributed by atoms with Gasteiger partial charge in [0.05, 0.1) is 6.10 Å². The van der Waals surface area contributed by atoms with E-state index in [-0.39, 0.29) is 5.92 Å². The highest BCUT2D eigenvalue weighted by Crippen LogP contribution is 2.11. The molecule has 0 aliphatic carbocycles. The van der Waals surface area contributed by atoms with Gasteiger partial charge >= 0.3 is 0 Å². The van der Waals surface area contributed by atoms with Crippen LogP contribution in [0.3, 0.4) is 0 Å². The van der Waals surface area contributed by atoms with Gasteiger partial charge in [-0.1, -0.05) is 19.1 Å². The van der Waals surface area contributed by atoms with Crippen molar-refractivity contribution in [2.75, 3.05) is 7.05 Å². The Hall–Kier alpha value is -0.670. The first-order chi connectivity index (χ1) is 6.17. The number of likely N-dealkylation sites (N-methyl/N-ethyl adjacent to an activating group) is 1. The quantitative estimate of drug-likeness (QED) is 0.596. The highest BCUT2D eigenvalue weighted by molar-refractivity contribution is 5.59. The molecule has 0 aromatic heterocycles. The van der Waals surface area contributed by atoms with Gasteiger partial charge in [0, 0.05) is 0 Å². The summed E-state index contributed by atoms with van der Waals surface area (Å²) in [7, 11) is 1.64. The van der Waals surface area contributed by atoms with Gasteiger partial charge in [-0.15, -0.1) is 0 Å². The number of hydrogen-bond acceptors (Lipinski definition) is 3. The van der Waals surface area contributed by atoms with E-state index in [4.69, 9.17) is 0 Å². The fourth-order valence-electron chi connectivity index (χ4n) is 1.12. The highest BCUT2D eigenvalue weighted by Gasteiger charge is 2.22. The first-order valence-electron chi connectivity index (χ1n) is 4.51. The van der Waals surface area contributed by atoms with Crippen LogP contribution in [0.4, 0.5) is 0 Å². The van der Waals surface area contributed by atoms with Crippen LogP contribution in [0.2, 0.25) is 0 Å². The molecule has 0 aromatic carbocycles. The van der Waals surface area contributed by atoms with E-state index in [2.05, 4.69) is 5.32 Å². The number of allylic oxidation sites excluding steroid dienone is 2. The number of nitrogens with one attached hydrogen (secondary N) is 1. The molecule has 0 aromatic rings. The number of hydrogen-bond donors (Lipinski definition) is 2. The second-order valence-electron chi connectivity index (χ2n) is 3.16. The lowest BCUT2D eigenvalue weighted by Crippen LogP contribution is -2.42. The van der Waals surface area contributed by atoms with E-state index in [1.807, 2.05) is 26.0 Å². The van der Waals surface area contributed by atoms with Gasteiger partial charge in [0.2, 0.25) is 6.29 Å². The Labute approximate surface area is 79.8 Å². The number of carbonyl (C=O) groups excluding carboxylic acids is 1. The molecule has 0 rings (SSSR count). The average Bonchev–Trinajstić information content (AvgIpc) is 2.15. The third-order valence-corrected chi connectivity index (χ3v) is 2.11. The summed E-state index contributed by atoms with van der Waals surface area (Å²) in [6.07, 6.45) is 5.79. The van der Waals surface area contributed by atoms with Crippen molar-refractivity contribution in [2.45, 2.75) is 32.4 Å². The molecule has 0 heterocycles. The van der Waals surface area contributed by atoms with Crippen molar-refractivity contribution in [3.05, 3.63) is 12.2 Å². The molecule has 0 aliphatic rings. The van der Waals surface area contributed by atoms with Gasteiger partial charge in [-0.2, -0.15) is 0 Å². The lowest BCUT2D eigenvalue weighted by atomic mass is 9.95. The summed E-state index contributed by atoms with van der Waals surface area (Å²) in [5.41, 5.74) is 0. The maximum atomic E-state index is 10.4. The molecule has 0 fully saturated rings. The zero-order valence-electron chi connectivity index (χ0n) is 8.45. The van der Waals surface area contributed by atoms with Crippen LogP contribution in [0.1, 0.15) is 20.3 Å². The minimum atomic E-state index is -0.668. The van der Waals surface area contributed by atoms with E-state index in [1.54, 1.807) is 13.3 Å². The molecule has 3 heteroatoms. The van der Waals surface area contributed by atoms with Gasteiger partial charge in [0.1, 0.15) is 6.04 Å². The molecule has 1 radical (unpaired) electrons. The van der Waals surface area contributed by atoms with Crippen molar-refractivity contribution < 1.29 is 9.90 Å². The van der Waals surface area contributed by atoms with Crippen molar-refractivity contribution in [3.8, 4) is 0 Å². The van der Waals surface area contributed by atoms with Gasteiger partial charge in [0.25, 0.3) is 0 Å². The number of rotatable bonds is 6. The smallest absolute Gasteiger partial charge is 0.219 e. The molecule has 0 saturated carbocycles. The lowest BCUT2D eigenvalue weighted by molar-refractivity contribution is 0.100. The summed E-state index contributed by atoms with van der Waals surface area (Å²) in [6.45, 7) is 3.84. The summed E-state index contributed by atoms with van der Waals surface area (Å²) in [5, 5.41) is 12.4. The third kappa shape index (κ3) is 4.20. The Bertz CT molecular complexity index is 168. The van der Waals surface area contributed by atoms with Gasteiger partial charge in [-0.05, 0) is 26.3 Å². The molecule has 0 aliphatic heterocycles. The van der Waals surface area contributed by atoms with Gasteiger partial charge in [0.15, 0.2) is 0 Å². The molecular weight excluding hydrogens is 166 g/mol. The summed E-state index contributed by atoms with van der Waals surface area (Å²) >= 11 is 0. The Balaban J connectivity index is 4.05. The van der Waals surface area contributed by atoms with Crippen molar-refractivity contribution in [1.82, 2.24) is 5.32 Å². The Morgan fingerprint density at radius 2 is 2.23 bits per heavy atom. The predicted molar refractivity (Wildman–Crippen MR) is 53.1 cm³/mol. The van der Waals surface area contributed by atoms with Crippen LogP contribution < -0.4 is 5.32 Å². The minimum Gasteiger partial charge on any atom is -0.391 e. The van der Waals surface area contributed by atoms with E-state index in [9.17, 15) is 9.90 Å². The molecular formula is C10H18NO2. The maximum absolute atomic E-state index is 10.4. The summed E-state index contributed by atoms with van der Waals surface area (Å²) in [5.74, 6) is 0.0649. The van der Waals surface area contributed by atoms with Crippen LogP contribution >= 0.6 is 0 Å². The van der Waals surface area contributed by atoms with E-state index < -0.39 is 12.1 Å². The third-order valence-electron chi connectivity index (χ3n) is 2.11. The Morgan fingerprint density at radius 3 is 2.62 bits per heavy atom. The summed E-state index contributed by atoms with van der Waals surface area (Å²) in [4.78, 5) is 10.4. The van der Waals surface area contributed by atoms with Crippen LogP contribution in [0.15, 0.2) is 12.2 Å². The average molecular weight is 184 g/mol. The lowest BCUT2D eigenvalue weighted by Gasteiger charge is -2.21. The van der Waals surface area contributed by atoms with Crippen LogP contribution in [-0.2, 0) is 4.79 Å². The first kappa shape index (κ1) is 12.3. The normalized spacial score (nSPS) is 18.5. The summed E-state index contributed by atoms with van der Waals surface area (Å²) in [6, 6.07) is -0.583. The molecule has 3 atom stereocenters. The number of aliphatic hydroxyl groups is 1. The molecule has 2 N–H and O–H groups in total. The zero-order valence-corrected chi connectivity index (χ0v) is 8.45. The maximum Gasteiger partial charge on any atom is 0.219 e. The molecule has 0 bridgehead atoms. The van der Waals surface area contributed by atoms with Crippen molar-refractivity contribution in [2.24, 2.45) is 5.92 Å². The van der Waals surface area contributed by atoms with Crippen molar-refractivity contribution in [3.63, 3.8) is 0 Å². The second-order valence-corrected chi connectivity index (χ2v) is 3.16. The Morgan fingerprint density at radius 1 is 1.62 bits per heavy atom.